The maximum atomic E-state index is 12.5. The van der Waals surface area contributed by atoms with E-state index in [0.717, 1.165) is 4.90 Å². The minimum atomic E-state index is -0.290. The van der Waals surface area contributed by atoms with Gasteiger partial charge in [-0.2, -0.15) is 0 Å². The fourth-order valence-electron chi connectivity index (χ4n) is 2.33. The van der Waals surface area contributed by atoms with Gasteiger partial charge >= 0.3 is 6.09 Å². The number of carbonyl (C=O) groups excluding carboxylic acids is 2. The number of nitrogens with zero attached hydrogens (tertiary/aromatic N) is 2. The minimum absolute atomic E-state index is 0.123. The average Bonchev–Trinajstić information content (AvgIpc) is 2.55. The van der Waals surface area contributed by atoms with Crippen LogP contribution < -0.4 is 0 Å². The van der Waals surface area contributed by atoms with Crippen molar-refractivity contribution >= 4 is 23.8 Å². The second-order valence-electron chi connectivity index (χ2n) is 5.08. The molecule has 0 saturated carbocycles. The van der Waals surface area contributed by atoms with Crippen LogP contribution in [-0.4, -0.2) is 59.8 Å². The number of benzene rings is 1. The van der Waals surface area contributed by atoms with Gasteiger partial charge in [-0.1, -0.05) is 18.2 Å². The Morgan fingerprint density at radius 3 is 2.32 bits per heavy atom. The smallest absolute Gasteiger partial charge is 0.409 e. The molecule has 0 bridgehead atoms. The van der Waals surface area contributed by atoms with Gasteiger partial charge in [-0.25, -0.2) is 4.79 Å². The summed E-state index contributed by atoms with van der Waals surface area (Å²) in [5.74, 6) is 0.123. The van der Waals surface area contributed by atoms with Crippen molar-refractivity contribution < 1.29 is 14.3 Å². The predicted octanol–water partition coefficient (Wildman–Crippen LogP) is 2.47. The van der Waals surface area contributed by atoms with Gasteiger partial charge in [-0.15, -0.1) is 11.8 Å². The molecule has 0 unspecified atom stereocenters. The van der Waals surface area contributed by atoms with Crippen LogP contribution in [0.3, 0.4) is 0 Å². The number of rotatable bonds is 4. The van der Waals surface area contributed by atoms with Crippen LogP contribution in [0.25, 0.3) is 0 Å². The van der Waals surface area contributed by atoms with E-state index >= 15 is 0 Å². The summed E-state index contributed by atoms with van der Waals surface area (Å²) in [5, 5.41) is -0.128. The third kappa shape index (κ3) is 4.40. The van der Waals surface area contributed by atoms with Crippen molar-refractivity contribution in [2.45, 2.75) is 24.0 Å². The number of hydrogen-bond acceptors (Lipinski definition) is 4. The zero-order valence-electron chi connectivity index (χ0n) is 13.0. The molecule has 1 aliphatic rings. The van der Waals surface area contributed by atoms with Crippen molar-refractivity contribution in [1.29, 1.82) is 0 Å². The van der Waals surface area contributed by atoms with E-state index in [1.165, 1.54) is 0 Å². The van der Waals surface area contributed by atoms with Gasteiger partial charge in [0, 0.05) is 31.1 Å². The number of amides is 2. The van der Waals surface area contributed by atoms with Crippen molar-refractivity contribution in [2.75, 3.05) is 32.8 Å². The minimum Gasteiger partial charge on any atom is -0.450 e. The zero-order chi connectivity index (χ0) is 15.9. The summed E-state index contributed by atoms with van der Waals surface area (Å²) in [6.07, 6.45) is -0.290. The van der Waals surface area contributed by atoms with Gasteiger partial charge in [0.1, 0.15) is 0 Å². The van der Waals surface area contributed by atoms with E-state index in [-0.39, 0.29) is 17.3 Å². The van der Waals surface area contributed by atoms with Crippen molar-refractivity contribution in [1.82, 2.24) is 9.80 Å². The molecular weight excluding hydrogens is 300 g/mol. The Bertz CT molecular complexity index is 501. The number of thioether (sulfide) groups is 1. The molecule has 1 aromatic carbocycles. The predicted molar refractivity (Wildman–Crippen MR) is 86.9 cm³/mol. The van der Waals surface area contributed by atoms with Crippen LogP contribution in [0.1, 0.15) is 13.8 Å². The molecule has 0 aromatic heterocycles. The van der Waals surface area contributed by atoms with Crippen molar-refractivity contribution in [3.63, 3.8) is 0 Å². The first kappa shape index (κ1) is 16.7. The SMILES string of the molecule is CCOC(=O)N1CCN(C(=O)[C@@H](C)Sc2ccccc2)CC1. The Labute approximate surface area is 135 Å². The summed E-state index contributed by atoms with van der Waals surface area (Å²) < 4.78 is 4.98. The summed E-state index contributed by atoms with van der Waals surface area (Å²) in [5.41, 5.74) is 0. The van der Waals surface area contributed by atoms with Gasteiger partial charge in [0.25, 0.3) is 0 Å². The van der Waals surface area contributed by atoms with Gasteiger partial charge < -0.3 is 14.5 Å². The molecule has 0 aliphatic carbocycles. The molecule has 0 N–H and O–H groups in total. The Morgan fingerprint density at radius 1 is 1.14 bits per heavy atom. The maximum absolute atomic E-state index is 12.5. The topological polar surface area (TPSA) is 49.9 Å². The van der Waals surface area contributed by atoms with E-state index in [2.05, 4.69) is 0 Å². The second kappa shape index (κ2) is 8.08. The zero-order valence-corrected chi connectivity index (χ0v) is 13.8. The molecule has 120 valence electrons. The van der Waals surface area contributed by atoms with Crippen LogP contribution in [-0.2, 0) is 9.53 Å². The van der Waals surface area contributed by atoms with E-state index in [1.807, 2.05) is 42.2 Å². The van der Waals surface area contributed by atoms with Crippen LogP contribution in [0.4, 0.5) is 4.79 Å². The van der Waals surface area contributed by atoms with E-state index in [9.17, 15) is 9.59 Å². The summed E-state index contributed by atoms with van der Waals surface area (Å²) in [6, 6.07) is 9.92. The summed E-state index contributed by atoms with van der Waals surface area (Å²) in [4.78, 5) is 28.7. The quantitative estimate of drug-likeness (QED) is 0.799. The fourth-order valence-corrected chi connectivity index (χ4v) is 3.31. The van der Waals surface area contributed by atoms with Crippen LogP contribution in [0.5, 0.6) is 0 Å². The first-order chi connectivity index (χ1) is 10.6. The van der Waals surface area contributed by atoms with Crippen molar-refractivity contribution in [3.8, 4) is 0 Å². The third-order valence-corrected chi connectivity index (χ3v) is 4.62. The van der Waals surface area contributed by atoms with Crippen molar-refractivity contribution in [2.24, 2.45) is 0 Å². The molecule has 22 heavy (non-hydrogen) atoms. The van der Waals surface area contributed by atoms with Crippen LogP contribution in [0.15, 0.2) is 35.2 Å². The molecular formula is C16H22N2O3S. The van der Waals surface area contributed by atoms with Crippen LogP contribution >= 0.6 is 11.8 Å². The Balaban J connectivity index is 1.83. The number of piperazine rings is 1. The lowest BCUT2D eigenvalue weighted by atomic mass is 10.3. The highest BCUT2D eigenvalue weighted by Crippen LogP contribution is 2.24. The summed E-state index contributed by atoms with van der Waals surface area (Å²) in [6.45, 7) is 6.30. The monoisotopic (exact) mass is 322 g/mol. The number of ether oxygens (including phenoxy) is 1. The molecule has 0 spiro atoms. The van der Waals surface area contributed by atoms with Crippen molar-refractivity contribution in [3.05, 3.63) is 30.3 Å². The normalized spacial score (nSPS) is 16.3. The van der Waals surface area contributed by atoms with Gasteiger partial charge in [-0.3, -0.25) is 4.79 Å². The molecule has 1 fully saturated rings. The van der Waals surface area contributed by atoms with E-state index in [1.54, 1.807) is 23.6 Å². The lowest BCUT2D eigenvalue weighted by Gasteiger charge is -2.35. The van der Waals surface area contributed by atoms with Gasteiger partial charge in [-0.05, 0) is 26.0 Å². The first-order valence-corrected chi connectivity index (χ1v) is 8.42. The molecule has 1 saturated heterocycles. The van der Waals surface area contributed by atoms with Gasteiger partial charge in [0.05, 0.1) is 11.9 Å². The van der Waals surface area contributed by atoms with Crippen LogP contribution in [0, 0.1) is 0 Å². The molecule has 1 aromatic rings. The van der Waals surface area contributed by atoms with Crippen LogP contribution in [0.2, 0.25) is 0 Å². The fraction of sp³-hybridized carbons (Fsp3) is 0.500. The lowest BCUT2D eigenvalue weighted by Crippen LogP contribution is -2.52. The molecule has 1 heterocycles. The van der Waals surface area contributed by atoms with E-state index in [4.69, 9.17) is 4.74 Å². The van der Waals surface area contributed by atoms with E-state index in [0.29, 0.717) is 32.8 Å². The maximum Gasteiger partial charge on any atom is 0.409 e. The number of carbonyl (C=O) groups is 2. The van der Waals surface area contributed by atoms with Gasteiger partial charge in [0.15, 0.2) is 0 Å². The summed E-state index contributed by atoms with van der Waals surface area (Å²) >= 11 is 1.56. The molecule has 5 nitrogen and oxygen atoms in total. The molecule has 1 atom stereocenters. The average molecular weight is 322 g/mol. The standard InChI is InChI=1S/C16H22N2O3S/c1-3-21-16(20)18-11-9-17(10-12-18)15(19)13(2)22-14-7-5-4-6-8-14/h4-8,13H,3,9-12H2,1-2H3/t13-/m1/s1. The molecule has 0 radical (unpaired) electrons. The summed E-state index contributed by atoms with van der Waals surface area (Å²) in [7, 11) is 0. The molecule has 6 heteroatoms. The second-order valence-corrected chi connectivity index (χ2v) is 6.50. The Hall–Kier alpha value is -1.69. The highest BCUT2D eigenvalue weighted by molar-refractivity contribution is 8.00. The van der Waals surface area contributed by atoms with E-state index < -0.39 is 0 Å². The first-order valence-electron chi connectivity index (χ1n) is 7.54. The number of hydrogen-bond donors (Lipinski definition) is 0. The Morgan fingerprint density at radius 2 is 1.73 bits per heavy atom. The highest BCUT2D eigenvalue weighted by Gasteiger charge is 2.27. The molecule has 2 rings (SSSR count). The molecule has 1 aliphatic heterocycles. The van der Waals surface area contributed by atoms with Gasteiger partial charge in [0.2, 0.25) is 5.91 Å². The largest absolute Gasteiger partial charge is 0.450 e. The third-order valence-electron chi connectivity index (χ3n) is 3.52. The Kier molecular flexibility index (Phi) is 6.12. The highest BCUT2D eigenvalue weighted by atomic mass is 32.2. The lowest BCUT2D eigenvalue weighted by molar-refractivity contribution is -0.131. The molecule has 2 amide bonds.